The summed E-state index contributed by atoms with van der Waals surface area (Å²) in [5.41, 5.74) is -0.674. The van der Waals surface area contributed by atoms with Crippen LogP contribution < -0.4 is 16.0 Å². The Morgan fingerprint density at radius 1 is 1.18 bits per heavy atom. The van der Waals surface area contributed by atoms with E-state index in [1.54, 1.807) is 27.8 Å². The molecule has 17 heavy (non-hydrogen) atoms. The molecule has 1 atom stereocenters. The van der Waals surface area contributed by atoms with E-state index in [1.165, 1.54) is 0 Å². The third-order valence-corrected chi connectivity index (χ3v) is 2.62. The predicted molar refractivity (Wildman–Crippen MR) is 68.6 cm³/mol. The zero-order valence-electron chi connectivity index (χ0n) is 11.7. The molecule has 5 nitrogen and oxygen atoms in total. The van der Waals surface area contributed by atoms with Gasteiger partial charge in [0, 0.05) is 6.54 Å². The van der Waals surface area contributed by atoms with Gasteiger partial charge < -0.3 is 16.0 Å². The van der Waals surface area contributed by atoms with E-state index in [2.05, 4.69) is 16.0 Å². The van der Waals surface area contributed by atoms with Crippen LogP contribution >= 0.6 is 0 Å². The van der Waals surface area contributed by atoms with Gasteiger partial charge in [0.1, 0.15) is 6.04 Å². The van der Waals surface area contributed by atoms with Crippen LogP contribution in [-0.4, -0.2) is 37.0 Å². The highest BCUT2D eigenvalue weighted by Crippen LogP contribution is 2.01. The largest absolute Gasteiger partial charge is 0.354 e. The van der Waals surface area contributed by atoms with Gasteiger partial charge in [-0.25, -0.2) is 0 Å². The van der Waals surface area contributed by atoms with E-state index < -0.39 is 11.6 Å². The van der Waals surface area contributed by atoms with Crippen molar-refractivity contribution in [2.45, 2.75) is 46.2 Å². The Morgan fingerprint density at radius 3 is 2.12 bits per heavy atom. The lowest BCUT2D eigenvalue weighted by Gasteiger charge is -2.25. The fourth-order valence-corrected chi connectivity index (χ4v) is 1.01. The summed E-state index contributed by atoms with van der Waals surface area (Å²) in [6, 6.07) is -0.520. The Balaban J connectivity index is 4.21. The summed E-state index contributed by atoms with van der Waals surface area (Å²) in [7, 11) is 1.71. The number of likely N-dealkylation sites (N-methyl/N-ethyl adjacent to an activating group) is 1. The highest BCUT2D eigenvalue weighted by atomic mass is 16.2. The van der Waals surface area contributed by atoms with Gasteiger partial charge >= 0.3 is 0 Å². The van der Waals surface area contributed by atoms with Crippen molar-refractivity contribution in [1.29, 1.82) is 0 Å². The van der Waals surface area contributed by atoms with Crippen molar-refractivity contribution >= 4 is 11.8 Å². The second-order valence-corrected chi connectivity index (χ2v) is 5.21. The molecule has 0 saturated heterocycles. The van der Waals surface area contributed by atoms with Crippen molar-refractivity contribution in [2.24, 2.45) is 5.92 Å². The van der Waals surface area contributed by atoms with Gasteiger partial charge in [-0.1, -0.05) is 13.8 Å². The summed E-state index contributed by atoms with van der Waals surface area (Å²) in [4.78, 5) is 23.4. The third kappa shape index (κ3) is 5.68. The van der Waals surface area contributed by atoms with Crippen LogP contribution in [0, 0.1) is 5.92 Å². The molecule has 0 aromatic rings. The summed E-state index contributed by atoms with van der Waals surface area (Å²) < 4.78 is 0. The molecule has 0 aromatic heterocycles. The predicted octanol–water partition coefficient (Wildman–Crippen LogP) is 0.261. The van der Waals surface area contributed by atoms with E-state index in [1.807, 2.05) is 13.8 Å². The van der Waals surface area contributed by atoms with Crippen LogP contribution in [0.2, 0.25) is 0 Å². The van der Waals surface area contributed by atoms with Crippen LogP contribution in [0.3, 0.4) is 0 Å². The van der Waals surface area contributed by atoms with Crippen molar-refractivity contribution in [3.63, 3.8) is 0 Å². The summed E-state index contributed by atoms with van der Waals surface area (Å²) in [5, 5.41) is 8.36. The SMILES string of the molecule is CNC(C)(C)C(=O)NC(C)C(=O)NCC(C)C. The lowest BCUT2D eigenvalue weighted by Crippen LogP contribution is -2.56. The molecule has 2 amide bonds. The molecular weight excluding hydrogens is 218 g/mol. The Morgan fingerprint density at radius 2 is 1.71 bits per heavy atom. The zero-order valence-corrected chi connectivity index (χ0v) is 11.7. The van der Waals surface area contributed by atoms with E-state index in [4.69, 9.17) is 0 Å². The molecule has 0 aliphatic rings. The molecule has 0 rings (SSSR count). The average Bonchev–Trinajstić information content (AvgIpc) is 2.25. The minimum Gasteiger partial charge on any atom is -0.354 e. The highest BCUT2D eigenvalue weighted by Gasteiger charge is 2.27. The van der Waals surface area contributed by atoms with Gasteiger partial charge in [-0.3, -0.25) is 9.59 Å². The van der Waals surface area contributed by atoms with Crippen LogP contribution in [0.4, 0.5) is 0 Å². The van der Waals surface area contributed by atoms with Crippen LogP contribution in [0.5, 0.6) is 0 Å². The molecule has 0 radical (unpaired) electrons. The first kappa shape index (κ1) is 15.9. The zero-order chi connectivity index (χ0) is 13.6. The molecule has 0 spiro atoms. The van der Waals surface area contributed by atoms with Crippen LogP contribution in [0.25, 0.3) is 0 Å². The van der Waals surface area contributed by atoms with Gasteiger partial charge in [0.2, 0.25) is 11.8 Å². The van der Waals surface area contributed by atoms with Gasteiger partial charge in [-0.2, -0.15) is 0 Å². The molecular formula is C12H25N3O2. The lowest BCUT2D eigenvalue weighted by molar-refractivity contribution is -0.131. The fraction of sp³-hybridized carbons (Fsp3) is 0.833. The maximum atomic E-state index is 11.8. The molecule has 5 heteroatoms. The molecule has 0 aliphatic heterocycles. The van der Waals surface area contributed by atoms with Gasteiger partial charge in [0.05, 0.1) is 5.54 Å². The number of hydrogen-bond donors (Lipinski definition) is 3. The fourth-order valence-electron chi connectivity index (χ4n) is 1.01. The quantitative estimate of drug-likeness (QED) is 0.627. The average molecular weight is 243 g/mol. The Hall–Kier alpha value is -1.10. The standard InChI is InChI=1S/C12H25N3O2/c1-8(2)7-14-10(16)9(3)15-11(17)12(4,5)13-6/h8-9,13H,7H2,1-6H3,(H,14,16)(H,15,17). The molecule has 0 heterocycles. The van der Waals surface area contributed by atoms with E-state index in [-0.39, 0.29) is 11.8 Å². The topological polar surface area (TPSA) is 70.2 Å². The normalized spacial score (nSPS) is 13.4. The first-order chi connectivity index (χ1) is 7.70. The third-order valence-electron chi connectivity index (χ3n) is 2.62. The first-order valence-corrected chi connectivity index (χ1v) is 5.98. The molecule has 0 saturated carbocycles. The minimum atomic E-state index is -0.674. The number of amides is 2. The van der Waals surface area contributed by atoms with Gasteiger partial charge in [-0.15, -0.1) is 0 Å². The van der Waals surface area contributed by atoms with Crippen molar-refractivity contribution in [3.05, 3.63) is 0 Å². The second kappa shape index (κ2) is 6.59. The Kier molecular flexibility index (Phi) is 6.16. The van der Waals surface area contributed by atoms with Crippen molar-refractivity contribution in [2.75, 3.05) is 13.6 Å². The summed E-state index contributed by atoms with van der Waals surface area (Å²) in [6.45, 7) is 9.87. The Bertz CT molecular complexity index is 275. The van der Waals surface area contributed by atoms with E-state index in [9.17, 15) is 9.59 Å². The molecule has 3 N–H and O–H groups in total. The van der Waals surface area contributed by atoms with Crippen molar-refractivity contribution < 1.29 is 9.59 Å². The molecule has 0 aromatic carbocycles. The van der Waals surface area contributed by atoms with Gasteiger partial charge in [0.25, 0.3) is 0 Å². The summed E-state index contributed by atoms with van der Waals surface area (Å²) in [5.74, 6) is 0.0572. The second-order valence-electron chi connectivity index (χ2n) is 5.21. The van der Waals surface area contributed by atoms with E-state index in [0.717, 1.165) is 0 Å². The molecule has 1 unspecified atom stereocenters. The Labute approximate surface area is 104 Å². The van der Waals surface area contributed by atoms with Crippen LogP contribution in [0.1, 0.15) is 34.6 Å². The number of rotatable bonds is 6. The van der Waals surface area contributed by atoms with Gasteiger partial charge in [0.15, 0.2) is 0 Å². The first-order valence-electron chi connectivity index (χ1n) is 5.98. The molecule has 100 valence electrons. The van der Waals surface area contributed by atoms with E-state index in [0.29, 0.717) is 12.5 Å². The number of nitrogens with one attached hydrogen (secondary N) is 3. The molecule has 0 aliphatic carbocycles. The number of carbonyl (C=O) groups is 2. The highest BCUT2D eigenvalue weighted by molar-refractivity contribution is 5.91. The van der Waals surface area contributed by atoms with Gasteiger partial charge in [-0.05, 0) is 33.7 Å². The van der Waals surface area contributed by atoms with Crippen molar-refractivity contribution in [1.82, 2.24) is 16.0 Å². The smallest absolute Gasteiger partial charge is 0.242 e. The minimum absolute atomic E-state index is 0.154. The van der Waals surface area contributed by atoms with Crippen LogP contribution in [-0.2, 0) is 9.59 Å². The maximum absolute atomic E-state index is 11.8. The lowest BCUT2D eigenvalue weighted by atomic mass is 10.0. The number of hydrogen-bond acceptors (Lipinski definition) is 3. The van der Waals surface area contributed by atoms with Crippen molar-refractivity contribution in [3.8, 4) is 0 Å². The maximum Gasteiger partial charge on any atom is 0.242 e. The number of carbonyl (C=O) groups excluding carboxylic acids is 2. The molecule has 0 bridgehead atoms. The van der Waals surface area contributed by atoms with E-state index >= 15 is 0 Å². The monoisotopic (exact) mass is 243 g/mol. The summed E-state index contributed by atoms with van der Waals surface area (Å²) in [6.07, 6.45) is 0. The molecule has 0 fully saturated rings. The van der Waals surface area contributed by atoms with Crippen LogP contribution in [0.15, 0.2) is 0 Å². The summed E-state index contributed by atoms with van der Waals surface area (Å²) >= 11 is 0.